The minimum absolute atomic E-state index is 0.0177. The first-order valence-corrected chi connectivity index (χ1v) is 6.29. The normalized spacial score (nSPS) is 24.9. The van der Waals surface area contributed by atoms with E-state index in [1.165, 1.54) is 12.8 Å². The molecule has 1 fully saturated rings. The molecular formula is C11H16N6O. The first-order valence-electron chi connectivity index (χ1n) is 6.29. The van der Waals surface area contributed by atoms with Gasteiger partial charge in [-0.05, 0) is 29.7 Å². The number of fused-ring (bicyclic) bond motifs is 1. The second-order valence-corrected chi connectivity index (χ2v) is 4.65. The molecule has 2 atom stereocenters. The van der Waals surface area contributed by atoms with E-state index in [1.54, 1.807) is 16.9 Å². The Bertz CT molecular complexity index is 527. The molecule has 0 radical (unpaired) electrons. The van der Waals surface area contributed by atoms with Crippen molar-refractivity contribution in [3.63, 3.8) is 0 Å². The Balaban J connectivity index is 1.84. The molecule has 1 aliphatic rings. The van der Waals surface area contributed by atoms with Crippen LogP contribution in [0.25, 0.3) is 5.65 Å². The summed E-state index contributed by atoms with van der Waals surface area (Å²) in [6.45, 7) is 0. The number of hydrogen-bond donors (Lipinski definition) is 1. The van der Waals surface area contributed by atoms with E-state index in [0.29, 0.717) is 11.5 Å². The molecule has 2 aromatic rings. The molecule has 0 bridgehead atoms. The predicted octanol–water partition coefficient (Wildman–Crippen LogP) is 0.558. The number of ether oxygens (including phenoxy) is 1. The lowest BCUT2D eigenvalue weighted by atomic mass is 10.1. The summed E-state index contributed by atoms with van der Waals surface area (Å²) in [6.07, 6.45) is 8.76. The summed E-state index contributed by atoms with van der Waals surface area (Å²) in [6, 6.07) is 0.0687. The van der Waals surface area contributed by atoms with Crippen molar-refractivity contribution in [3.05, 3.63) is 12.4 Å². The molecule has 2 heterocycles. The van der Waals surface area contributed by atoms with Crippen molar-refractivity contribution in [2.75, 3.05) is 0 Å². The number of aromatic nitrogens is 5. The summed E-state index contributed by atoms with van der Waals surface area (Å²) in [5.74, 6) is 0.555. The number of rotatable bonds is 2. The smallest absolute Gasteiger partial charge is 0.237 e. The lowest BCUT2D eigenvalue weighted by Gasteiger charge is -2.22. The van der Waals surface area contributed by atoms with Crippen LogP contribution in [0, 0.1) is 0 Å². The van der Waals surface area contributed by atoms with Gasteiger partial charge in [-0.3, -0.25) is 4.98 Å². The average Bonchev–Trinajstić information content (AvgIpc) is 2.77. The van der Waals surface area contributed by atoms with Crippen LogP contribution in [0.5, 0.6) is 5.88 Å². The van der Waals surface area contributed by atoms with Crippen LogP contribution in [0.4, 0.5) is 0 Å². The number of tetrazole rings is 1. The topological polar surface area (TPSA) is 91.2 Å². The van der Waals surface area contributed by atoms with E-state index < -0.39 is 0 Å². The molecule has 0 aromatic carbocycles. The van der Waals surface area contributed by atoms with Gasteiger partial charge in [0.05, 0.1) is 12.4 Å². The molecule has 18 heavy (non-hydrogen) atoms. The molecule has 7 heteroatoms. The Morgan fingerprint density at radius 1 is 1.22 bits per heavy atom. The van der Waals surface area contributed by atoms with Crippen molar-refractivity contribution in [1.82, 2.24) is 25.0 Å². The summed E-state index contributed by atoms with van der Waals surface area (Å²) in [7, 11) is 0. The van der Waals surface area contributed by atoms with E-state index in [0.717, 1.165) is 19.3 Å². The molecule has 1 aliphatic carbocycles. The highest BCUT2D eigenvalue weighted by molar-refractivity contribution is 5.34. The van der Waals surface area contributed by atoms with Crippen molar-refractivity contribution >= 4 is 5.65 Å². The summed E-state index contributed by atoms with van der Waals surface area (Å²) in [5, 5.41) is 11.3. The monoisotopic (exact) mass is 248 g/mol. The van der Waals surface area contributed by atoms with Gasteiger partial charge in [0.1, 0.15) is 6.10 Å². The predicted molar refractivity (Wildman–Crippen MR) is 64.1 cm³/mol. The van der Waals surface area contributed by atoms with Crippen molar-refractivity contribution in [2.45, 2.75) is 44.2 Å². The third-order valence-corrected chi connectivity index (χ3v) is 3.35. The quantitative estimate of drug-likeness (QED) is 0.781. The Labute approximate surface area is 104 Å². The molecule has 3 rings (SSSR count). The maximum Gasteiger partial charge on any atom is 0.237 e. The minimum Gasteiger partial charge on any atom is -0.471 e. The molecule has 0 amide bonds. The fraction of sp³-hybridized carbons (Fsp3) is 0.636. The van der Waals surface area contributed by atoms with Crippen LogP contribution in [-0.4, -0.2) is 37.2 Å². The highest BCUT2D eigenvalue weighted by Crippen LogP contribution is 2.21. The second-order valence-electron chi connectivity index (χ2n) is 4.65. The summed E-state index contributed by atoms with van der Waals surface area (Å²) < 4.78 is 7.50. The van der Waals surface area contributed by atoms with Crippen LogP contribution in [0.1, 0.15) is 32.1 Å². The molecule has 96 valence electrons. The minimum atomic E-state index is 0.0177. The Kier molecular flexibility index (Phi) is 3.06. The van der Waals surface area contributed by atoms with E-state index in [2.05, 4.69) is 20.5 Å². The third kappa shape index (κ3) is 2.13. The van der Waals surface area contributed by atoms with Crippen LogP contribution in [0.3, 0.4) is 0 Å². The van der Waals surface area contributed by atoms with Gasteiger partial charge in [0.15, 0.2) is 0 Å². The van der Waals surface area contributed by atoms with E-state index in [4.69, 9.17) is 10.5 Å². The van der Waals surface area contributed by atoms with Gasteiger partial charge in [-0.25, -0.2) is 0 Å². The van der Waals surface area contributed by atoms with Crippen LogP contribution < -0.4 is 10.5 Å². The lowest BCUT2D eigenvalue weighted by molar-refractivity contribution is 0.151. The SMILES string of the molecule is NC1CCCCCC1Oc1cncc2nnnn12. The third-order valence-electron chi connectivity index (χ3n) is 3.35. The molecule has 2 N–H and O–H groups in total. The molecular weight excluding hydrogens is 232 g/mol. The molecule has 0 spiro atoms. The summed E-state index contributed by atoms with van der Waals surface area (Å²) in [5.41, 5.74) is 6.72. The van der Waals surface area contributed by atoms with Gasteiger partial charge in [0, 0.05) is 6.04 Å². The van der Waals surface area contributed by atoms with Crippen molar-refractivity contribution in [1.29, 1.82) is 0 Å². The maximum atomic E-state index is 6.14. The number of nitrogens with zero attached hydrogens (tertiary/aromatic N) is 5. The van der Waals surface area contributed by atoms with Crippen LogP contribution in [-0.2, 0) is 0 Å². The average molecular weight is 248 g/mol. The van der Waals surface area contributed by atoms with Crippen LogP contribution >= 0.6 is 0 Å². The van der Waals surface area contributed by atoms with Crippen LogP contribution in [0.2, 0.25) is 0 Å². The van der Waals surface area contributed by atoms with Gasteiger partial charge < -0.3 is 10.5 Å². The fourth-order valence-electron chi connectivity index (χ4n) is 2.34. The standard InChI is InChI=1S/C11H16N6O/c12-8-4-2-1-3-5-9(8)18-11-7-13-6-10-14-15-16-17(10)11/h6-9H,1-5,12H2. The lowest BCUT2D eigenvalue weighted by Crippen LogP contribution is -2.38. The van der Waals surface area contributed by atoms with Gasteiger partial charge in [-0.2, -0.15) is 4.52 Å². The zero-order valence-electron chi connectivity index (χ0n) is 10.1. The Hall–Kier alpha value is -1.76. The second kappa shape index (κ2) is 4.85. The molecule has 0 saturated heterocycles. The van der Waals surface area contributed by atoms with Crippen LogP contribution in [0.15, 0.2) is 12.4 Å². The maximum absolute atomic E-state index is 6.14. The number of hydrogen-bond acceptors (Lipinski definition) is 6. The van der Waals surface area contributed by atoms with E-state index in [-0.39, 0.29) is 12.1 Å². The van der Waals surface area contributed by atoms with Gasteiger partial charge in [-0.15, -0.1) is 5.10 Å². The van der Waals surface area contributed by atoms with Gasteiger partial charge >= 0.3 is 0 Å². The Morgan fingerprint density at radius 3 is 3.06 bits per heavy atom. The Morgan fingerprint density at radius 2 is 2.11 bits per heavy atom. The van der Waals surface area contributed by atoms with Crippen molar-refractivity contribution < 1.29 is 4.74 Å². The van der Waals surface area contributed by atoms with Gasteiger partial charge in [0.2, 0.25) is 11.5 Å². The largest absolute Gasteiger partial charge is 0.471 e. The zero-order chi connectivity index (χ0) is 12.4. The molecule has 0 aliphatic heterocycles. The number of nitrogens with two attached hydrogens (primary N) is 1. The first-order chi connectivity index (χ1) is 8.84. The highest BCUT2D eigenvalue weighted by Gasteiger charge is 2.23. The van der Waals surface area contributed by atoms with Gasteiger partial charge in [-0.1, -0.05) is 12.8 Å². The van der Waals surface area contributed by atoms with Crippen molar-refractivity contribution in [3.8, 4) is 5.88 Å². The van der Waals surface area contributed by atoms with E-state index >= 15 is 0 Å². The van der Waals surface area contributed by atoms with Crippen molar-refractivity contribution in [2.24, 2.45) is 5.73 Å². The summed E-state index contributed by atoms with van der Waals surface area (Å²) >= 11 is 0. The molecule has 2 aromatic heterocycles. The molecule has 2 unspecified atom stereocenters. The molecule has 1 saturated carbocycles. The van der Waals surface area contributed by atoms with E-state index in [9.17, 15) is 0 Å². The van der Waals surface area contributed by atoms with E-state index in [1.807, 2.05) is 0 Å². The highest BCUT2D eigenvalue weighted by atomic mass is 16.5. The zero-order valence-corrected chi connectivity index (χ0v) is 10.1. The fourth-order valence-corrected chi connectivity index (χ4v) is 2.34. The van der Waals surface area contributed by atoms with Gasteiger partial charge in [0.25, 0.3) is 0 Å². The summed E-state index contributed by atoms with van der Waals surface area (Å²) in [4.78, 5) is 4.07. The first kappa shape index (κ1) is 11.3. The molecule has 7 nitrogen and oxygen atoms in total.